The number of ether oxygens (including phenoxy) is 2. The van der Waals surface area contributed by atoms with E-state index >= 15 is 0 Å². The molecule has 0 spiro atoms. The van der Waals surface area contributed by atoms with E-state index in [-0.39, 0.29) is 5.91 Å². The van der Waals surface area contributed by atoms with E-state index in [0.29, 0.717) is 25.4 Å². The zero-order valence-corrected chi connectivity index (χ0v) is 12.7. The first kappa shape index (κ1) is 16.1. The summed E-state index contributed by atoms with van der Waals surface area (Å²) in [5, 5.41) is 6.08. The van der Waals surface area contributed by atoms with Gasteiger partial charge in [-0.2, -0.15) is 0 Å². The summed E-state index contributed by atoms with van der Waals surface area (Å²) < 4.78 is 10.4. The van der Waals surface area contributed by atoms with Crippen molar-refractivity contribution < 1.29 is 14.3 Å². The monoisotopic (exact) mass is 280 g/mol. The lowest BCUT2D eigenvalue weighted by atomic mass is 10.2. The van der Waals surface area contributed by atoms with Gasteiger partial charge in [0.15, 0.2) is 0 Å². The highest BCUT2D eigenvalue weighted by molar-refractivity contribution is 5.76. The Morgan fingerprint density at radius 3 is 2.60 bits per heavy atom. The van der Waals surface area contributed by atoms with Gasteiger partial charge >= 0.3 is 0 Å². The molecule has 0 saturated heterocycles. The number of carbonyl (C=O) groups excluding carboxylic acids is 1. The largest absolute Gasteiger partial charge is 0.497 e. The van der Waals surface area contributed by atoms with Crippen LogP contribution in [0.1, 0.15) is 20.3 Å². The van der Waals surface area contributed by atoms with Gasteiger partial charge in [-0.1, -0.05) is 13.8 Å². The minimum Gasteiger partial charge on any atom is -0.497 e. The molecule has 1 amide bonds. The molecule has 1 aromatic carbocycles. The van der Waals surface area contributed by atoms with Crippen molar-refractivity contribution in [3.8, 4) is 11.5 Å². The molecule has 20 heavy (non-hydrogen) atoms. The fraction of sp³-hybridized carbons (Fsp3) is 0.533. The van der Waals surface area contributed by atoms with Gasteiger partial charge in [0.2, 0.25) is 5.91 Å². The van der Waals surface area contributed by atoms with E-state index in [2.05, 4.69) is 24.5 Å². The molecule has 5 nitrogen and oxygen atoms in total. The SMILES string of the molecule is COc1ccc(OC)c(NCCC(=O)NCC(C)C)c1. The van der Waals surface area contributed by atoms with E-state index in [4.69, 9.17) is 9.47 Å². The predicted molar refractivity (Wildman–Crippen MR) is 80.5 cm³/mol. The van der Waals surface area contributed by atoms with Crippen molar-refractivity contribution in [1.82, 2.24) is 5.32 Å². The molecule has 0 aromatic heterocycles. The first-order valence-electron chi connectivity index (χ1n) is 6.79. The molecule has 0 bridgehead atoms. The molecule has 0 fully saturated rings. The smallest absolute Gasteiger partial charge is 0.221 e. The lowest BCUT2D eigenvalue weighted by Gasteiger charge is -2.13. The number of nitrogens with one attached hydrogen (secondary N) is 2. The molecule has 2 N–H and O–H groups in total. The maximum atomic E-state index is 11.6. The van der Waals surface area contributed by atoms with Crippen LogP contribution in [0.15, 0.2) is 18.2 Å². The quantitative estimate of drug-likeness (QED) is 0.767. The van der Waals surface area contributed by atoms with Crippen LogP contribution in [-0.2, 0) is 4.79 Å². The van der Waals surface area contributed by atoms with Crippen molar-refractivity contribution in [3.63, 3.8) is 0 Å². The van der Waals surface area contributed by atoms with E-state index in [1.165, 1.54) is 0 Å². The Hall–Kier alpha value is -1.91. The van der Waals surface area contributed by atoms with E-state index in [1.54, 1.807) is 14.2 Å². The fourth-order valence-electron chi connectivity index (χ4n) is 1.67. The normalized spacial score (nSPS) is 10.2. The average Bonchev–Trinajstić information content (AvgIpc) is 2.45. The highest BCUT2D eigenvalue weighted by Gasteiger charge is 2.06. The van der Waals surface area contributed by atoms with Crippen molar-refractivity contribution >= 4 is 11.6 Å². The highest BCUT2D eigenvalue weighted by atomic mass is 16.5. The summed E-state index contributed by atoms with van der Waals surface area (Å²) in [7, 11) is 3.23. The van der Waals surface area contributed by atoms with Crippen LogP contribution in [-0.4, -0.2) is 33.2 Å². The van der Waals surface area contributed by atoms with Gasteiger partial charge in [0, 0.05) is 25.6 Å². The first-order valence-corrected chi connectivity index (χ1v) is 6.79. The van der Waals surface area contributed by atoms with Gasteiger partial charge < -0.3 is 20.1 Å². The molecule has 0 aliphatic carbocycles. The molecule has 112 valence electrons. The molecule has 0 atom stereocenters. The van der Waals surface area contributed by atoms with Crippen molar-refractivity contribution in [2.75, 3.05) is 32.6 Å². The number of anilines is 1. The second-order valence-corrected chi connectivity index (χ2v) is 4.94. The standard InChI is InChI=1S/C15H24N2O3/c1-11(2)10-17-15(18)7-8-16-13-9-12(19-3)5-6-14(13)20-4/h5-6,9,11,16H,7-8,10H2,1-4H3,(H,17,18). The van der Waals surface area contributed by atoms with Crippen LogP contribution in [0.2, 0.25) is 0 Å². The Bertz CT molecular complexity index is 433. The first-order chi connectivity index (χ1) is 9.56. The predicted octanol–water partition coefficient (Wildman–Crippen LogP) is 2.28. The van der Waals surface area contributed by atoms with Gasteiger partial charge in [-0.05, 0) is 18.1 Å². The number of benzene rings is 1. The van der Waals surface area contributed by atoms with Crippen LogP contribution in [0.25, 0.3) is 0 Å². The number of carbonyl (C=O) groups is 1. The maximum absolute atomic E-state index is 11.6. The average molecular weight is 280 g/mol. The highest BCUT2D eigenvalue weighted by Crippen LogP contribution is 2.28. The van der Waals surface area contributed by atoms with E-state index in [9.17, 15) is 4.79 Å². The summed E-state index contributed by atoms with van der Waals surface area (Å²) in [5.41, 5.74) is 0.823. The zero-order chi connectivity index (χ0) is 15.0. The zero-order valence-electron chi connectivity index (χ0n) is 12.7. The minimum atomic E-state index is 0.0491. The summed E-state index contributed by atoms with van der Waals surface area (Å²) in [6.07, 6.45) is 0.424. The van der Waals surface area contributed by atoms with Crippen LogP contribution >= 0.6 is 0 Å². The third kappa shape index (κ3) is 5.38. The lowest BCUT2D eigenvalue weighted by Crippen LogP contribution is -2.28. The fourth-order valence-corrected chi connectivity index (χ4v) is 1.67. The molecule has 1 rings (SSSR count). The number of hydrogen-bond donors (Lipinski definition) is 2. The minimum absolute atomic E-state index is 0.0491. The summed E-state index contributed by atoms with van der Waals surface area (Å²) >= 11 is 0. The van der Waals surface area contributed by atoms with Crippen LogP contribution in [0.5, 0.6) is 11.5 Å². The summed E-state index contributed by atoms with van der Waals surface area (Å²) in [5.74, 6) is 1.99. The molecule has 5 heteroatoms. The molecule has 0 radical (unpaired) electrons. The Balaban J connectivity index is 2.46. The van der Waals surface area contributed by atoms with Crippen LogP contribution in [0.3, 0.4) is 0 Å². The number of hydrogen-bond acceptors (Lipinski definition) is 4. The molecule has 0 unspecified atom stereocenters. The van der Waals surface area contributed by atoms with Crippen LogP contribution < -0.4 is 20.1 Å². The Labute approximate surface area is 120 Å². The Morgan fingerprint density at radius 2 is 2.00 bits per heavy atom. The maximum Gasteiger partial charge on any atom is 0.221 e. The van der Waals surface area contributed by atoms with Crippen LogP contribution in [0.4, 0.5) is 5.69 Å². The number of amides is 1. The van der Waals surface area contributed by atoms with Gasteiger partial charge in [-0.3, -0.25) is 4.79 Å². The van der Waals surface area contributed by atoms with Crippen molar-refractivity contribution in [1.29, 1.82) is 0 Å². The van der Waals surface area contributed by atoms with Crippen LogP contribution in [0, 0.1) is 5.92 Å². The second kappa shape index (κ2) is 8.30. The molecular formula is C15H24N2O3. The van der Waals surface area contributed by atoms with E-state index in [1.807, 2.05) is 18.2 Å². The van der Waals surface area contributed by atoms with Gasteiger partial charge in [0.25, 0.3) is 0 Å². The topological polar surface area (TPSA) is 59.6 Å². The Morgan fingerprint density at radius 1 is 1.25 bits per heavy atom. The number of methoxy groups -OCH3 is 2. The lowest BCUT2D eigenvalue weighted by molar-refractivity contribution is -0.120. The Kier molecular flexibility index (Phi) is 6.70. The van der Waals surface area contributed by atoms with Gasteiger partial charge in [-0.15, -0.1) is 0 Å². The molecule has 0 aliphatic heterocycles. The van der Waals surface area contributed by atoms with Gasteiger partial charge in [-0.25, -0.2) is 0 Å². The summed E-state index contributed by atoms with van der Waals surface area (Å²) in [6.45, 7) is 5.40. The molecule has 0 saturated carbocycles. The van der Waals surface area contributed by atoms with E-state index < -0.39 is 0 Å². The molecule has 1 aromatic rings. The van der Waals surface area contributed by atoms with Crippen molar-refractivity contribution in [2.24, 2.45) is 5.92 Å². The van der Waals surface area contributed by atoms with E-state index in [0.717, 1.165) is 17.2 Å². The molecular weight excluding hydrogens is 256 g/mol. The van der Waals surface area contributed by atoms with Gasteiger partial charge in [0.1, 0.15) is 11.5 Å². The third-order valence-corrected chi connectivity index (χ3v) is 2.78. The number of rotatable bonds is 8. The molecule has 0 heterocycles. The summed E-state index contributed by atoms with van der Waals surface area (Å²) in [6, 6.07) is 5.52. The third-order valence-electron chi connectivity index (χ3n) is 2.78. The second-order valence-electron chi connectivity index (χ2n) is 4.94. The van der Waals surface area contributed by atoms with Gasteiger partial charge in [0.05, 0.1) is 19.9 Å². The molecule has 0 aliphatic rings. The van der Waals surface area contributed by atoms with Crippen molar-refractivity contribution in [3.05, 3.63) is 18.2 Å². The van der Waals surface area contributed by atoms with Crippen molar-refractivity contribution in [2.45, 2.75) is 20.3 Å². The summed E-state index contributed by atoms with van der Waals surface area (Å²) in [4.78, 5) is 11.6.